The van der Waals surface area contributed by atoms with Crippen LogP contribution in [-0.4, -0.2) is 17.3 Å². The van der Waals surface area contributed by atoms with Gasteiger partial charge in [-0.1, -0.05) is 36.4 Å². The highest BCUT2D eigenvalue weighted by Crippen LogP contribution is 2.30. The number of carbonyl (C=O) groups is 1. The quantitative estimate of drug-likeness (QED) is 0.149. The minimum absolute atomic E-state index is 0.0122. The number of ether oxygens (including phenoxy) is 2. The number of nitrogens with zero attached hydrogens (tertiary/aromatic N) is 2. The molecule has 0 bridgehead atoms. The van der Waals surface area contributed by atoms with Gasteiger partial charge in [0.25, 0.3) is 5.69 Å². The fourth-order valence-electron chi connectivity index (χ4n) is 2.94. The Morgan fingerprint density at radius 2 is 1.75 bits per heavy atom. The molecule has 0 heterocycles. The molecule has 0 spiro atoms. The summed E-state index contributed by atoms with van der Waals surface area (Å²) in [6, 6.07) is 21.8. The van der Waals surface area contributed by atoms with Gasteiger partial charge in [0.1, 0.15) is 18.2 Å². The van der Waals surface area contributed by atoms with E-state index in [-0.39, 0.29) is 23.7 Å². The Morgan fingerprint density at radius 3 is 2.38 bits per heavy atom. The highest BCUT2D eigenvalue weighted by atomic mass is 16.6. The molecular formula is C25H20N2O5. The molecule has 160 valence electrons. The molecule has 0 aliphatic heterocycles. The second-order valence-electron chi connectivity index (χ2n) is 6.72. The van der Waals surface area contributed by atoms with Crippen LogP contribution in [0.2, 0.25) is 0 Å². The molecule has 32 heavy (non-hydrogen) atoms. The summed E-state index contributed by atoms with van der Waals surface area (Å²) in [7, 11) is 0. The number of benzene rings is 3. The molecular weight excluding hydrogens is 408 g/mol. The molecule has 7 heteroatoms. The van der Waals surface area contributed by atoms with Gasteiger partial charge in [-0.25, -0.2) is 0 Å². The van der Waals surface area contributed by atoms with Gasteiger partial charge in [0.05, 0.1) is 11.5 Å². The largest absolute Gasteiger partial charge is 0.490 e. The van der Waals surface area contributed by atoms with Crippen molar-refractivity contribution in [2.45, 2.75) is 13.5 Å². The van der Waals surface area contributed by atoms with E-state index in [0.29, 0.717) is 29.2 Å². The Morgan fingerprint density at radius 1 is 1.03 bits per heavy atom. The minimum atomic E-state index is -0.456. The molecule has 0 aromatic heterocycles. The monoisotopic (exact) mass is 428 g/mol. The van der Waals surface area contributed by atoms with Crippen molar-refractivity contribution in [2.75, 3.05) is 6.61 Å². The first-order valence-electron chi connectivity index (χ1n) is 9.86. The van der Waals surface area contributed by atoms with E-state index in [4.69, 9.17) is 9.47 Å². The van der Waals surface area contributed by atoms with E-state index in [0.717, 1.165) is 5.56 Å². The van der Waals surface area contributed by atoms with Crippen molar-refractivity contribution in [1.29, 1.82) is 5.26 Å². The molecule has 7 nitrogen and oxygen atoms in total. The molecule has 3 rings (SSSR count). The maximum absolute atomic E-state index is 12.6. The Labute approximate surface area is 185 Å². The van der Waals surface area contributed by atoms with Gasteiger partial charge in [-0.3, -0.25) is 14.9 Å². The third-order valence-electron chi connectivity index (χ3n) is 4.52. The maximum Gasteiger partial charge on any atom is 0.269 e. The number of rotatable bonds is 9. The average Bonchev–Trinajstić information content (AvgIpc) is 2.82. The third kappa shape index (κ3) is 5.58. The average molecular weight is 428 g/mol. The molecule has 0 saturated heterocycles. The number of allylic oxidation sites excluding steroid dienone is 1. The van der Waals surface area contributed by atoms with Crippen LogP contribution < -0.4 is 9.47 Å². The maximum atomic E-state index is 12.6. The molecule has 3 aromatic rings. The minimum Gasteiger partial charge on any atom is -0.490 e. The van der Waals surface area contributed by atoms with E-state index < -0.39 is 4.92 Å². The summed E-state index contributed by atoms with van der Waals surface area (Å²) < 4.78 is 11.5. The number of nitro benzene ring substituents is 1. The lowest BCUT2D eigenvalue weighted by atomic mass is 10.0. The lowest BCUT2D eigenvalue weighted by Gasteiger charge is -2.13. The van der Waals surface area contributed by atoms with Crippen LogP contribution in [-0.2, 0) is 6.61 Å². The van der Waals surface area contributed by atoms with E-state index in [1.54, 1.807) is 60.7 Å². The molecule has 0 radical (unpaired) electrons. The predicted molar refractivity (Wildman–Crippen MR) is 119 cm³/mol. The van der Waals surface area contributed by atoms with Gasteiger partial charge in [0, 0.05) is 17.7 Å². The van der Waals surface area contributed by atoms with Crippen molar-refractivity contribution in [3.63, 3.8) is 0 Å². The smallest absolute Gasteiger partial charge is 0.269 e. The Bertz CT molecular complexity index is 1180. The molecule has 0 aliphatic rings. The number of carbonyl (C=O) groups excluding carboxylic acids is 1. The first-order valence-corrected chi connectivity index (χ1v) is 9.86. The van der Waals surface area contributed by atoms with Crippen molar-refractivity contribution in [3.05, 3.63) is 105 Å². The number of ketones is 1. The number of hydrogen-bond donors (Lipinski definition) is 0. The van der Waals surface area contributed by atoms with Crippen molar-refractivity contribution in [2.24, 2.45) is 0 Å². The first-order chi connectivity index (χ1) is 15.5. The van der Waals surface area contributed by atoms with Gasteiger partial charge < -0.3 is 9.47 Å². The van der Waals surface area contributed by atoms with Gasteiger partial charge in [-0.2, -0.15) is 5.26 Å². The summed E-state index contributed by atoms with van der Waals surface area (Å²) in [6.07, 6.45) is 1.51. The SMILES string of the molecule is CCOc1cc(C=C(C#N)C(=O)c2ccccc2)ccc1OCc1ccc([N+](=O)[O-])cc1. The summed E-state index contributed by atoms with van der Waals surface area (Å²) >= 11 is 0. The van der Waals surface area contributed by atoms with E-state index >= 15 is 0 Å². The van der Waals surface area contributed by atoms with Crippen molar-refractivity contribution in [3.8, 4) is 17.6 Å². The fraction of sp³-hybridized carbons (Fsp3) is 0.120. The summed E-state index contributed by atoms with van der Waals surface area (Å²) in [4.78, 5) is 22.9. The van der Waals surface area contributed by atoms with Crippen molar-refractivity contribution < 1.29 is 19.2 Å². The Kier molecular flexibility index (Phi) is 7.33. The molecule has 0 saturated carbocycles. The van der Waals surface area contributed by atoms with E-state index in [2.05, 4.69) is 0 Å². The lowest BCUT2D eigenvalue weighted by Crippen LogP contribution is -2.02. The number of nitriles is 1. The predicted octanol–water partition coefficient (Wildman–Crippen LogP) is 5.36. The highest BCUT2D eigenvalue weighted by molar-refractivity contribution is 6.14. The van der Waals surface area contributed by atoms with Crippen LogP contribution >= 0.6 is 0 Å². The third-order valence-corrected chi connectivity index (χ3v) is 4.52. The normalized spacial score (nSPS) is 10.8. The van der Waals surface area contributed by atoms with Crippen molar-refractivity contribution >= 4 is 17.5 Å². The van der Waals surface area contributed by atoms with Crippen molar-refractivity contribution in [1.82, 2.24) is 0 Å². The van der Waals surface area contributed by atoms with E-state index in [9.17, 15) is 20.2 Å². The van der Waals surface area contributed by atoms with E-state index in [1.807, 2.05) is 13.0 Å². The van der Waals surface area contributed by atoms with Crippen LogP contribution in [0.25, 0.3) is 6.08 Å². The van der Waals surface area contributed by atoms with Crippen LogP contribution in [0.4, 0.5) is 5.69 Å². The van der Waals surface area contributed by atoms with Crippen LogP contribution in [0.15, 0.2) is 78.4 Å². The molecule has 0 N–H and O–H groups in total. The summed E-state index contributed by atoms with van der Waals surface area (Å²) in [5.41, 5.74) is 1.85. The lowest BCUT2D eigenvalue weighted by molar-refractivity contribution is -0.384. The number of hydrogen-bond acceptors (Lipinski definition) is 6. The van der Waals surface area contributed by atoms with Gasteiger partial charge in [0.15, 0.2) is 11.5 Å². The highest BCUT2D eigenvalue weighted by Gasteiger charge is 2.13. The fourth-order valence-corrected chi connectivity index (χ4v) is 2.94. The molecule has 0 amide bonds. The van der Waals surface area contributed by atoms with Gasteiger partial charge >= 0.3 is 0 Å². The number of Topliss-reactive ketones (excluding diaryl/α,β-unsaturated/α-hetero) is 1. The summed E-state index contributed by atoms with van der Waals surface area (Å²) in [5, 5.41) is 20.2. The molecule has 3 aromatic carbocycles. The molecule has 0 fully saturated rings. The summed E-state index contributed by atoms with van der Waals surface area (Å²) in [5.74, 6) is 0.590. The second kappa shape index (κ2) is 10.5. The van der Waals surface area contributed by atoms with Gasteiger partial charge in [-0.05, 0) is 48.4 Å². The number of non-ortho nitro benzene ring substituents is 1. The molecule has 0 aliphatic carbocycles. The zero-order valence-electron chi connectivity index (χ0n) is 17.4. The van der Waals surface area contributed by atoms with Gasteiger partial charge in [0.2, 0.25) is 5.78 Å². The van der Waals surface area contributed by atoms with Crippen LogP contribution in [0, 0.1) is 21.4 Å². The molecule has 0 atom stereocenters. The Hall–Kier alpha value is -4.44. The van der Waals surface area contributed by atoms with E-state index in [1.165, 1.54) is 18.2 Å². The first kappa shape index (κ1) is 22.2. The van der Waals surface area contributed by atoms with Crippen LogP contribution in [0.1, 0.15) is 28.4 Å². The standard InChI is InChI=1S/C25H20N2O5/c1-2-31-24-15-19(14-21(16-26)25(28)20-6-4-3-5-7-20)10-13-23(24)32-17-18-8-11-22(12-9-18)27(29)30/h3-15H,2,17H2,1H3. The zero-order valence-corrected chi connectivity index (χ0v) is 17.4. The van der Waals surface area contributed by atoms with Gasteiger partial charge in [-0.15, -0.1) is 0 Å². The number of nitro groups is 1. The van der Waals surface area contributed by atoms with Crippen LogP contribution in [0.3, 0.4) is 0 Å². The topological polar surface area (TPSA) is 102 Å². The second-order valence-corrected chi connectivity index (χ2v) is 6.72. The van der Waals surface area contributed by atoms with Crippen LogP contribution in [0.5, 0.6) is 11.5 Å². The summed E-state index contributed by atoms with van der Waals surface area (Å²) in [6.45, 7) is 2.43. The Balaban J connectivity index is 1.80. The zero-order chi connectivity index (χ0) is 22.9. The molecule has 0 unspecified atom stereocenters.